The van der Waals surface area contributed by atoms with E-state index in [4.69, 9.17) is 0 Å². The molecule has 1 aromatic rings. The Balaban J connectivity index is 1.46. The first-order valence-electron chi connectivity index (χ1n) is 9.11. The van der Waals surface area contributed by atoms with E-state index in [2.05, 4.69) is 34.7 Å². The van der Waals surface area contributed by atoms with E-state index < -0.39 is 0 Å². The molecule has 0 aliphatic heterocycles. The summed E-state index contributed by atoms with van der Waals surface area (Å²) in [5, 5.41) is 15.5. The van der Waals surface area contributed by atoms with Gasteiger partial charge in [0.1, 0.15) is 0 Å². The third kappa shape index (κ3) is 4.23. The third-order valence-electron chi connectivity index (χ3n) is 5.38. The summed E-state index contributed by atoms with van der Waals surface area (Å²) >= 11 is 3.02. The van der Waals surface area contributed by atoms with Crippen molar-refractivity contribution < 1.29 is 4.79 Å². The van der Waals surface area contributed by atoms with Crippen LogP contribution in [-0.2, 0) is 4.79 Å². The van der Waals surface area contributed by atoms with Crippen LogP contribution in [0.4, 0.5) is 5.13 Å². The van der Waals surface area contributed by atoms with E-state index in [1.807, 2.05) is 6.92 Å². The summed E-state index contributed by atoms with van der Waals surface area (Å²) in [5.74, 6) is 2.55. The first kappa shape index (κ1) is 18.0. The molecule has 2 bridgehead atoms. The van der Waals surface area contributed by atoms with Gasteiger partial charge in [-0.3, -0.25) is 4.79 Å². The molecule has 2 N–H and O–H groups in total. The molecule has 2 fully saturated rings. The average molecular weight is 369 g/mol. The molecular weight excluding hydrogens is 340 g/mol. The highest BCUT2D eigenvalue weighted by Crippen LogP contribution is 2.49. The van der Waals surface area contributed by atoms with Gasteiger partial charge in [-0.15, -0.1) is 10.2 Å². The highest BCUT2D eigenvalue weighted by Gasteiger charge is 2.42. The zero-order valence-electron chi connectivity index (χ0n) is 14.7. The van der Waals surface area contributed by atoms with Gasteiger partial charge in [0.25, 0.3) is 0 Å². The molecule has 5 atom stereocenters. The van der Waals surface area contributed by atoms with Gasteiger partial charge in [0.15, 0.2) is 4.34 Å². The van der Waals surface area contributed by atoms with Crippen molar-refractivity contribution in [3.8, 4) is 0 Å². The lowest BCUT2D eigenvalue weighted by Crippen LogP contribution is -2.43. The third-order valence-corrected chi connectivity index (χ3v) is 7.45. The number of carbonyl (C=O) groups is 1. The van der Waals surface area contributed by atoms with Crippen LogP contribution in [0.25, 0.3) is 0 Å². The molecule has 1 aromatic heterocycles. The number of nitrogens with one attached hydrogen (secondary N) is 2. The maximum Gasteiger partial charge on any atom is 0.233 e. The lowest BCUT2D eigenvalue weighted by molar-refractivity contribution is -0.121. The molecule has 2 saturated carbocycles. The molecule has 1 amide bonds. The number of amides is 1. The summed E-state index contributed by atoms with van der Waals surface area (Å²) in [4.78, 5) is 12.5. The van der Waals surface area contributed by atoms with Crippen molar-refractivity contribution in [3.05, 3.63) is 0 Å². The van der Waals surface area contributed by atoms with E-state index in [0.29, 0.717) is 5.92 Å². The second-order valence-corrected chi connectivity index (χ2v) is 9.76. The van der Waals surface area contributed by atoms with Gasteiger partial charge in [0, 0.05) is 12.6 Å². The monoisotopic (exact) mass is 368 g/mol. The molecule has 7 heteroatoms. The first-order chi connectivity index (χ1) is 11.6. The maximum atomic E-state index is 12.5. The quantitative estimate of drug-likeness (QED) is 0.684. The number of carbonyl (C=O) groups excluding carboxylic acids is 1. The highest BCUT2D eigenvalue weighted by molar-refractivity contribution is 8.02. The van der Waals surface area contributed by atoms with E-state index in [9.17, 15) is 4.79 Å². The number of fused-ring (bicyclic) bond motifs is 2. The summed E-state index contributed by atoms with van der Waals surface area (Å²) in [6.07, 6.45) is 6.50. The minimum absolute atomic E-state index is 0.119. The van der Waals surface area contributed by atoms with Crippen molar-refractivity contribution in [2.75, 3.05) is 11.9 Å². The van der Waals surface area contributed by atoms with Crippen LogP contribution < -0.4 is 10.6 Å². The Morgan fingerprint density at radius 1 is 1.33 bits per heavy atom. The Hall–Kier alpha value is -0.820. The van der Waals surface area contributed by atoms with Gasteiger partial charge in [-0.25, -0.2) is 0 Å². The Bertz CT molecular complexity index is 565. The topological polar surface area (TPSA) is 66.9 Å². The van der Waals surface area contributed by atoms with Crippen molar-refractivity contribution >= 4 is 34.1 Å². The van der Waals surface area contributed by atoms with E-state index in [1.54, 1.807) is 0 Å². The smallest absolute Gasteiger partial charge is 0.233 e. The fourth-order valence-corrected chi connectivity index (χ4v) is 6.05. The number of rotatable bonds is 8. The molecule has 5 unspecified atom stereocenters. The van der Waals surface area contributed by atoms with Crippen LogP contribution in [0.1, 0.15) is 52.9 Å². The molecule has 5 nitrogen and oxygen atoms in total. The standard InChI is InChI=1S/C17H28N4OS2/c1-4-7-18-16-20-21-17(24-16)23-11(3)15(22)19-10(2)14-9-12-5-6-13(14)8-12/h10-14H,4-9H2,1-3H3,(H,18,20)(H,19,22). The molecule has 1 heterocycles. The summed E-state index contributed by atoms with van der Waals surface area (Å²) in [6.45, 7) is 7.15. The summed E-state index contributed by atoms with van der Waals surface area (Å²) in [6, 6.07) is 0.284. The Kier molecular flexibility index (Phi) is 6.02. The molecule has 134 valence electrons. The number of thioether (sulfide) groups is 1. The molecule has 2 aliphatic rings. The van der Waals surface area contributed by atoms with Crippen molar-refractivity contribution in [3.63, 3.8) is 0 Å². The van der Waals surface area contributed by atoms with Crippen molar-refractivity contribution in [2.45, 2.75) is 68.5 Å². The molecule has 0 spiro atoms. The minimum atomic E-state index is -0.141. The number of hydrogen-bond acceptors (Lipinski definition) is 6. The predicted octanol–water partition coefficient (Wildman–Crippen LogP) is 3.78. The van der Waals surface area contributed by atoms with Gasteiger partial charge < -0.3 is 10.6 Å². The summed E-state index contributed by atoms with van der Waals surface area (Å²) in [7, 11) is 0. The Morgan fingerprint density at radius 2 is 2.17 bits per heavy atom. The summed E-state index contributed by atoms with van der Waals surface area (Å²) < 4.78 is 0.851. The minimum Gasteiger partial charge on any atom is -0.360 e. The lowest BCUT2D eigenvalue weighted by atomic mass is 9.84. The second-order valence-electron chi connectivity index (χ2n) is 7.20. The molecular formula is C17H28N4OS2. The van der Waals surface area contributed by atoms with E-state index in [-0.39, 0.29) is 17.2 Å². The van der Waals surface area contributed by atoms with Crippen LogP contribution >= 0.6 is 23.1 Å². The molecule has 3 rings (SSSR count). The van der Waals surface area contributed by atoms with Gasteiger partial charge in [0.05, 0.1) is 5.25 Å². The lowest BCUT2D eigenvalue weighted by Gasteiger charge is -2.29. The SMILES string of the molecule is CCCNc1nnc(SC(C)C(=O)NC(C)C2CC3CCC2C3)s1. The first-order valence-corrected chi connectivity index (χ1v) is 10.8. The fraction of sp³-hybridized carbons (Fsp3) is 0.824. The van der Waals surface area contributed by atoms with Gasteiger partial charge in [-0.1, -0.05) is 36.4 Å². The zero-order chi connectivity index (χ0) is 17.1. The van der Waals surface area contributed by atoms with Crippen LogP contribution in [0.15, 0.2) is 4.34 Å². The van der Waals surface area contributed by atoms with Gasteiger partial charge in [-0.2, -0.15) is 0 Å². The summed E-state index contributed by atoms with van der Waals surface area (Å²) in [5.41, 5.74) is 0. The van der Waals surface area contributed by atoms with Crippen LogP contribution in [0.2, 0.25) is 0 Å². The number of aromatic nitrogens is 2. The van der Waals surface area contributed by atoms with Crippen LogP contribution in [-0.4, -0.2) is 33.9 Å². The largest absolute Gasteiger partial charge is 0.360 e. The zero-order valence-corrected chi connectivity index (χ0v) is 16.4. The molecule has 2 aliphatic carbocycles. The van der Waals surface area contributed by atoms with Crippen LogP contribution in [0.3, 0.4) is 0 Å². The van der Waals surface area contributed by atoms with Crippen LogP contribution in [0, 0.1) is 17.8 Å². The Labute approximate surface area is 152 Å². The molecule has 0 aromatic carbocycles. The van der Waals surface area contributed by atoms with Crippen molar-refractivity contribution in [1.29, 1.82) is 0 Å². The van der Waals surface area contributed by atoms with E-state index >= 15 is 0 Å². The Morgan fingerprint density at radius 3 is 2.83 bits per heavy atom. The second kappa shape index (κ2) is 8.04. The van der Waals surface area contributed by atoms with Crippen LogP contribution in [0.5, 0.6) is 0 Å². The average Bonchev–Trinajstić information content (AvgIpc) is 3.29. The highest BCUT2D eigenvalue weighted by atomic mass is 32.2. The molecule has 0 saturated heterocycles. The van der Waals surface area contributed by atoms with E-state index in [1.165, 1.54) is 48.8 Å². The normalized spacial score (nSPS) is 27.9. The number of anilines is 1. The molecule has 24 heavy (non-hydrogen) atoms. The van der Waals surface area contributed by atoms with E-state index in [0.717, 1.165) is 34.3 Å². The predicted molar refractivity (Wildman–Crippen MR) is 101 cm³/mol. The van der Waals surface area contributed by atoms with Gasteiger partial charge in [-0.05, 0) is 57.3 Å². The van der Waals surface area contributed by atoms with Gasteiger partial charge in [0.2, 0.25) is 11.0 Å². The number of hydrogen-bond donors (Lipinski definition) is 2. The van der Waals surface area contributed by atoms with Gasteiger partial charge >= 0.3 is 0 Å². The number of nitrogens with zero attached hydrogens (tertiary/aromatic N) is 2. The maximum absolute atomic E-state index is 12.5. The molecule has 0 radical (unpaired) electrons. The van der Waals surface area contributed by atoms with Crippen molar-refractivity contribution in [2.24, 2.45) is 17.8 Å². The van der Waals surface area contributed by atoms with Crippen molar-refractivity contribution in [1.82, 2.24) is 15.5 Å². The fourth-order valence-electron chi connectivity index (χ4n) is 4.12.